The normalized spacial score (nSPS) is 10.2. The third kappa shape index (κ3) is 5.17. The van der Waals surface area contributed by atoms with Crippen LogP contribution in [0.2, 0.25) is 0 Å². The lowest BCUT2D eigenvalue weighted by Gasteiger charge is -2.04. The van der Waals surface area contributed by atoms with Gasteiger partial charge in [-0.05, 0) is 13.0 Å². The Labute approximate surface area is 89.2 Å². The quantitative estimate of drug-likeness (QED) is 0.638. The fourth-order valence-electron chi connectivity index (χ4n) is 1.15. The van der Waals surface area contributed by atoms with Gasteiger partial charge in [-0.1, -0.05) is 12.1 Å². The summed E-state index contributed by atoms with van der Waals surface area (Å²) in [4.78, 5) is 11.3. The molecule has 0 saturated heterocycles. The Kier molecular flexibility index (Phi) is 5.47. The topological polar surface area (TPSA) is 67.2 Å². The van der Waals surface area contributed by atoms with E-state index in [1.165, 1.54) is 6.26 Å². The Hall–Kier alpha value is -1.36. The van der Waals surface area contributed by atoms with Crippen LogP contribution in [-0.2, 0) is 11.2 Å². The van der Waals surface area contributed by atoms with Crippen LogP contribution in [0.25, 0.3) is 0 Å². The summed E-state index contributed by atoms with van der Waals surface area (Å²) in [6.45, 7) is 4.55. The van der Waals surface area contributed by atoms with E-state index in [2.05, 4.69) is 27.2 Å². The summed E-state index contributed by atoms with van der Waals surface area (Å²) in [5.41, 5.74) is 0.661. The molecule has 0 aliphatic rings. The number of amides is 1. The third-order valence-electron chi connectivity index (χ3n) is 1.88. The molecule has 0 aliphatic heterocycles. The zero-order valence-corrected chi connectivity index (χ0v) is 8.95. The molecule has 0 fully saturated rings. The van der Waals surface area contributed by atoms with Gasteiger partial charge in [0.2, 0.25) is 5.91 Å². The van der Waals surface area contributed by atoms with Crippen molar-refractivity contribution in [1.29, 1.82) is 0 Å². The molecule has 0 aromatic carbocycles. The predicted octanol–water partition coefficient (Wildman–Crippen LogP) is 0.333. The summed E-state index contributed by atoms with van der Waals surface area (Å²) >= 11 is 0. The van der Waals surface area contributed by atoms with Gasteiger partial charge in [-0.15, -0.1) is 0 Å². The Morgan fingerprint density at radius 3 is 3.00 bits per heavy atom. The number of nitrogens with one attached hydrogen (secondary N) is 2. The molecule has 0 unspecified atom stereocenters. The van der Waals surface area contributed by atoms with Crippen LogP contribution in [0.15, 0.2) is 16.9 Å². The van der Waals surface area contributed by atoms with Crippen molar-refractivity contribution in [2.75, 3.05) is 19.6 Å². The number of carbonyl (C=O) groups is 1. The highest BCUT2D eigenvalue weighted by molar-refractivity contribution is 5.77. The lowest BCUT2D eigenvalue weighted by molar-refractivity contribution is -0.120. The molecule has 5 nitrogen and oxygen atoms in total. The Morgan fingerprint density at radius 2 is 2.33 bits per heavy atom. The standard InChI is InChI=1S/C10H17N3O2/c1-2-4-11-5-6-12-10(14)8-9-3-7-15-13-9/h3,7,11H,2,4-6,8H2,1H3,(H,12,14). The second kappa shape index (κ2) is 7.00. The molecule has 0 aliphatic carbocycles. The van der Waals surface area contributed by atoms with Crippen molar-refractivity contribution in [1.82, 2.24) is 15.8 Å². The van der Waals surface area contributed by atoms with E-state index in [4.69, 9.17) is 0 Å². The molecule has 1 heterocycles. The van der Waals surface area contributed by atoms with Crippen molar-refractivity contribution in [2.45, 2.75) is 19.8 Å². The van der Waals surface area contributed by atoms with Gasteiger partial charge < -0.3 is 15.2 Å². The second-order valence-electron chi connectivity index (χ2n) is 3.27. The smallest absolute Gasteiger partial charge is 0.226 e. The van der Waals surface area contributed by atoms with Gasteiger partial charge in [0.25, 0.3) is 0 Å². The first-order valence-electron chi connectivity index (χ1n) is 5.19. The number of hydrogen-bond acceptors (Lipinski definition) is 4. The van der Waals surface area contributed by atoms with Crippen molar-refractivity contribution >= 4 is 5.91 Å². The van der Waals surface area contributed by atoms with E-state index in [1.807, 2.05) is 0 Å². The molecule has 5 heteroatoms. The van der Waals surface area contributed by atoms with Crippen LogP contribution in [-0.4, -0.2) is 30.7 Å². The van der Waals surface area contributed by atoms with Gasteiger partial charge in [-0.25, -0.2) is 0 Å². The molecule has 15 heavy (non-hydrogen) atoms. The summed E-state index contributed by atoms with van der Waals surface area (Å²) in [6, 6.07) is 1.69. The van der Waals surface area contributed by atoms with Gasteiger partial charge in [0.1, 0.15) is 6.26 Å². The van der Waals surface area contributed by atoms with Gasteiger partial charge in [-0.3, -0.25) is 4.79 Å². The lowest BCUT2D eigenvalue weighted by Crippen LogP contribution is -2.33. The molecular weight excluding hydrogens is 194 g/mol. The van der Waals surface area contributed by atoms with E-state index in [0.29, 0.717) is 12.2 Å². The minimum absolute atomic E-state index is 0.0257. The molecule has 0 radical (unpaired) electrons. The summed E-state index contributed by atoms with van der Waals surface area (Å²) in [7, 11) is 0. The van der Waals surface area contributed by atoms with E-state index in [1.54, 1.807) is 6.07 Å². The van der Waals surface area contributed by atoms with E-state index in [9.17, 15) is 4.79 Å². The Balaban J connectivity index is 2.04. The number of aromatic nitrogens is 1. The average molecular weight is 211 g/mol. The lowest BCUT2D eigenvalue weighted by atomic mass is 10.3. The van der Waals surface area contributed by atoms with Gasteiger partial charge in [-0.2, -0.15) is 0 Å². The fraction of sp³-hybridized carbons (Fsp3) is 0.600. The van der Waals surface area contributed by atoms with E-state index in [-0.39, 0.29) is 12.3 Å². The second-order valence-corrected chi connectivity index (χ2v) is 3.27. The Morgan fingerprint density at radius 1 is 1.47 bits per heavy atom. The van der Waals surface area contributed by atoms with Crippen LogP contribution < -0.4 is 10.6 Å². The monoisotopic (exact) mass is 211 g/mol. The van der Waals surface area contributed by atoms with E-state index < -0.39 is 0 Å². The van der Waals surface area contributed by atoms with Gasteiger partial charge in [0, 0.05) is 19.2 Å². The van der Waals surface area contributed by atoms with Crippen LogP contribution in [0.1, 0.15) is 19.0 Å². The minimum Gasteiger partial charge on any atom is -0.364 e. The molecule has 2 N–H and O–H groups in total. The molecule has 84 valence electrons. The van der Waals surface area contributed by atoms with Gasteiger partial charge in [0.05, 0.1) is 12.1 Å². The zero-order valence-electron chi connectivity index (χ0n) is 8.95. The largest absolute Gasteiger partial charge is 0.364 e. The van der Waals surface area contributed by atoms with E-state index >= 15 is 0 Å². The summed E-state index contributed by atoms with van der Waals surface area (Å²) in [6.07, 6.45) is 2.85. The first kappa shape index (κ1) is 11.7. The number of nitrogens with zero attached hydrogens (tertiary/aromatic N) is 1. The van der Waals surface area contributed by atoms with Crippen molar-refractivity contribution in [2.24, 2.45) is 0 Å². The summed E-state index contributed by atoms with van der Waals surface area (Å²) < 4.78 is 4.63. The fourth-order valence-corrected chi connectivity index (χ4v) is 1.15. The number of rotatable bonds is 7. The van der Waals surface area contributed by atoms with Crippen LogP contribution in [0, 0.1) is 0 Å². The van der Waals surface area contributed by atoms with Crippen LogP contribution in [0.3, 0.4) is 0 Å². The van der Waals surface area contributed by atoms with Crippen molar-refractivity contribution in [3.05, 3.63) is 18.0 Å². The van der Waals surface area contributed by atoms with Crippen LogP contribution in [0.4, 0.5) is 0 Å². The molecule has 1 aromatic heterocycles. The minimum atomic E-state index is -0.0257. The zero-order chi connectivity index (χ0) is 10.9. The van der Waals surface area contributed by atoms with Gasteiger partial charge in [0.15, 0.2) is 0 Å². The number of carbonyl (C=O) groups excluding carboxylic acids is 1. The van der Waals surface area contributed by atoms with Crippen LogP contribution >= 0.6 is 0 Å². The Bertz CT molecular complexity index is 272. The SMILES string of the molecule is CCCNCCNC(=O)Cc1ccon1. The highest BCUT2D eigenvalue weighted by Crippen LogP contribution is 1.94. The molecular formula is C10H17N3O2. The molecule has 0 bridgehead atoms. The van der Waals surface area contributed by atoms with Crippen molar-refractivity contribution in [3.8, 4) is 0 Å². The first-order valence-corrected chi connectivity index (χ1v) is 5.19. The maximum absolute atomic E-state index is 11.3. The molecule has 1 aromatic rings. The maximum atomic E-state index is 11.3. The highest BCUT2D eigenvalue weighted by atomic mass is 16.5. The molecule has 0 spiro atoms. The first-order chi connectivity index (χ1) is 7.33. The third-order valence-corrected chi connectivity index (χ3v) is 1.88. The molecule has 1 rings (SSSR count). The summed E-state index contributed by atoms with van der Waals surface area (Å²) in [5.74, 6) is -0.0257. The molecule has 0 saturated carbocycles. The summed E-state index contributed by atoms with van der Waals surface area (Å²) in [5, 5.41) is 9.66. The van der Waals surface area contributed by atoms with E-state index in [0.717, 1.165) is 19.5 Å². The number of hydrogen-bond donors (Lipinski definition) is 2. The van der Waals surface area contributed by atoms with Crippen LogP contribution in [0.5, 0.6) is 0 Å². The molecule has 1 amide bonds. The van der Waals surface area contributed by atoms with Gasteiger partial charge >= 0.3 is 0 Å². The average Bonchev–Trinajstić information content (AvgIpc) is 2.70. The predicted molar refractivity (Wildman–Crippen MR) is 56.4 cm³/mol. The van der Waals surface area contributed by atoms with Crippen molar-refractivity contribution < 1.29 is 9.32 Å². The maximum Gasteiger partial charge on any atom is 0.226 e. The molecule has 0 atom stereocenters. The highest BCUT2D eigenvalue weighted by Gasteiger charge is 2.04. The van der Waals surface area contributed by atoms with Crippen molar-refractivity contribution in [3.63, 3.8) is 0 Å².